The van der Waals surface area contributed by atoms with Gasteiger partial charge in [-0.25, -0.2) is 4.39 Å². The molecule has 2 N–H and O–H groups in total. The van der Waals surface area contributed by atoms with E-state index in [0.29, 0.717) is 11.8 Å². The molecular weight excluding hydrogens is 274 g/mol. The van der Waals surface area contributed by atoms with E-state index < -0.39 is 23.6 Å². The second-order valence-electron chi connectivity index (χ2n) is 4.53. The zero-order valence-electron chi connectivity index (χ0n) is 10.7. The molecule has 0 bridgehead atoms. The Morgan fingerprint density at radius 2 is 2.00 bits per heavy atom. The second kappa shape index (κ2) is 5.24. The van der Waals surface area contributed by atoms with Crippen LogP contribution in [0.25, 0.3) is 0 Å². The summed E-state index contributed by atoms with van der Waals surface area (Å²) >= 11 is 0. The zero-order chi connectivity index (χ0) is 14.9. The Labute approximate surface area is 113 Å². The van der Waals surface area contributed by atoms with Crippen LogP contribution in [0.2, 0.25) is 0 Å². The number of rotatable bonds is 3. The molecule has 0 aliphatic heterocycles. The van der Waals surface area contributed by atoms with Crippen molar-refractivity contribution >= 4 is 0 Å². The molecule has 1 heterocycles. The van der Waals surface area contributed by atoms with Gasteiger partial charge in [-0.3, -0.25) is 4.68 Å². The number of alkyl halides is 3. The Balaban J connectivity index is 2.27. The first-order valence-electron chi connectivity index (χ1n) is 5.88. The molecule has 0 fully saturated rings. The number of nitrogens with two attached hydrogens (primary N) is 1. The number of halogens is 4. The van der Waals surface area contributed by atoms with E-state index in [1.165, 1.54) is 0 Å². The predicted octanol–water partition coefficient (Wildman–Crippen LogP) is 2.82. The molecular formula is C13H13F4N3. The summed E-state index contributed by atoms with van der Waals surface area (Å²) in [7, 11) is 1.71. The highest BCUT2D eigenvalue weighted by Crippen LogP contribution is 2.32. The van der Waals surface area contributed by atoms with Crippen LogP contribution in [0, 0.1) is 5.82 Å². The first-order valence-corrected chi connectivity index (χ1v) is 5.88. The van der Waals surface area contributed by atoms with Crippen molar-refractivity contribution in [3.63, 3.8) is 0 Å². The quantitative estimate of drug-likeness (QED) is 0.882. The third kappa shape index (κ3) is 3.16. The zero-order valence-corrected chi connectivity index (χ0v) is 10.7. The Morgan fingerprint density at radius 1 is 1.30 bits per heavy atom. The number of benzene rings is 1. The van der Waals surface area contributed by atoms with E-state index in [2.05, 4.69) is 5.10 Å². The smallest absolute Gasteiger partial charge is 0.324 e. The van der Waals surface area contributed by atoms with Crippen molar-refractivity contribution in [1.82, 2.24) is 9.78 Å². The van der Waals surface area contributed by atoms with Gasteiger partial charge in [-0.1, -0.05) is 0 Å². The van der Waals surface area contributed by atoms with E-state index in [9.17, 15) is 17.6 Å². The van der Waals surface area contributed by atoms with Gasteiger partial charge in [0.25, 0.3) is 0 Å². The minimum absolute atomic E-state index is 0.162. The first kappa shape index (κ1) is 14.5. The van der Waals surface area contributed by atoms with E-state index in [1.54, 1.807) is 24.0 Å². The lowest BCUT2D eigenvalue weighted by Gasteiger charge is -2.14. The predicted molar refractivity (Wildman–Crippen MR) is 65.2 cm³/mol. The molecule has 1 aromatic carbocycles. The summed E-state index contributed by atoms with van der Waals surface area (Å²) in [6.07, 6.45) is -2.67. The molecule has 0 amide bonds. The molecule has 0 spiro atoms. The fraction of sp³-hybridized carbons (Fsp3) is 0.308. The first-order chi connectivity index (χ1) is 9.27. The Bertz CT molecular complexity index is 604. The van der Waals surface area contributed by atoms with Gasteiger partial charge in [-0.05, 0) is 24.3 Å². The van der Waals surface area contributed by atoms with Crippen molar-refractivity contribution in [1.29, 1.82) is 0 Å². The average molecular weight is 287 g/mol. The molecule has 0 aliphatic carbocycles. The van der Waals surface area contributed by atoms with Crippen LogP contribution >= 0.6 is 0 Å². The van der Waals surface area contributed by atoms with Gasteiger partial charge in [0.15, 0.2) is 0 Å². The summed E-state index contributed by atoms with van der Waals surface area (Å²) in [4.78, 5) is 0. The topological polar surface area (TPSA) is 43.8 Å². The van der Waals surface area contributed by atoms with Gasteiger partial charge in [-0.15, -0.1) is 0 Å². The molecule has 2 aromatic rings. The molecule has 0 aliphatic rings. The summed E-state index contributed by atoms with van der Waals surface area (Å²) < 4.78 is 53.0. The Kier molecular flexibility index (Phi) is 3.80. The molecule has 0 saturated carbocycles. The van der Waals surface area contributed by atoms with Crippen LogP contribution in [0.1, 0.15) is 22.9 Å². The van der Waals surface area contributed by atoms with Crippen LogP contribution in [-0.2, 0) is 19.6 Å². The van der Waals surface area contributed by atoms with Crippen LogP contribution in [0.3, 0.4) is 0 Å². The Morgan fingerprint density at radius 3 is 2.55 bits per heavy atom. The van der Waals surface area contributed by atoms with Crippen LogP contribution in [0.5, 0.6) is 0 Å². The molecule has 0 saturated heterocycles. The summed E-state index contributed by atoms with van der Waals surface area (Å²) in [6, 6.07) is 3.05. The van der Waals surface area contributed by atoms with E-state index >= 15 is 0 Å². The maximum atomic E-state index is 13.6. The Hall–Kier alpha value is -1.89. The summed E-state index contributed by atoms with van der Waals surface area (Å²) in [5.41, 5.74) is 5.31. The lowest BCUT2D eigenvalue weighted by atomic mass is 10.00. The van der Waals surface area contributed by atoms with Gasteiger partial charge in [0.05, 0.1) is 11.3 Å². The highest BCUT2D eigenvalue weighted by atomic mass is 19.4. The molecule has 108 valence electrons. The minimum Gasteiger partial charge on any atom is -0.324 e. The fourth-order valence-electron chi connectivity index (χ4n) is 1.91. The van der Waals surface area contributed by atoms with Crippen molar-refractivity contribution in [2.24, 2.45) is 12.8 Å². The van der Waals surface area contributed by atoms with Crippen molar-refractivity contribution in [3.05, 3.63) is 53.1 Å². The number of aromatic nitrogens is 2. The van der Waals surface area contributed by atoms with Crippen molar-refractivity contribution in [3.8, 4) is 0 Å². The highest BCUT2D eigenvalue weighted by Gasteiger charge is 2.31. The lowest BCUT2D eigenvalue weighted by molar-refractivity contribution is -0.137. The minimum atomic E-state index is -4.52. The fourth-order valence-corrected chi connectivity index (χ4v) is 1.91. The van der Waals surface area contributed by atoms with Crippen LogP contribution in [-0.4, -0.2) is 9.78 Å². The van der Waals surface area contributed by atoms with Crippen molar-refractivity contribution < 1.29 is 17.6 Å². The SMILES string of the molecule is Cn1ccc(CC(N)c2cc(C(F)(F)F)ccc2F)n1. The normalized spacial score (nSPS) is 13.5. The molecule has 2 rings (SSSR count). The average Bonchev–Trinajstić information content (AvgIpc) is 2.73. The molecule has 0 radical (unpaired) electrons. The van der Waals surface area contributed by atoms with Gasteiger partial charge in [-0.2, -0.15) is 18.3 Å². The number of hydrogen-bond donors (Lipinski definition) is 1. The van der Waals surface area contributed by atoms with Crippen LogP contribution in [0.4, 0.5) is 17.6 Å². The van der Waals surface area contributed by atoms with E-state index in [-0.39, 0.29) is 12.0 Å². The van der Waals surface area contributed by atoms with Gasteiger partial charge >= 0.3 is 6.18 Å². The van der Waals surface area contributed by atoms with Gasteiger partial charge in [0.1, 0.15) is 5.82 Å². The van der Waals surface area contributed by atoms with Crippen molar-refractivity contribution in [2.45, 2.75) is 18.6 Å². The molecule has 3 nitrogen and oxygen atoms in total. The molecule has 1 atom stereocenters. The largest absolute Gasteiger partial charge is 0.416 e. The third-order valence-corrected chi connectivity index (χ3v) is 2.92. The van der Waals surface area contributed by atoms with Gasteiger partial charge in [0, 0.05) is 31.3 Å². The van der Waals surface area contributed by atoms with Crippen molar-refractivity contribution in [2.75, 3.05) is 0 Å². The summed E-state index contributed by atoms with van der Waals surface area (Å²) in [6.45, 7) is 0. The number of aryl methyl sites for hydroxylation is 1. The van der Waals surface area contributed by atoms with Crippen LogP contribution < -0.4 is 5.73 Å². The number of nitrogens with zero attached hydrogens (tertiary/aromatic N) is 2. The van der Waals surface area contributed by atoms with Gasteiger partial charge in [0.2, 0.25) is 0 Å². The summed E-state index contributed by atoms with van der Waals surface area (Å²) in [5, 5.41) is 4.07. The van der Waals surface area contributed by atoms with E-state index in [0.717, 1.165) is 12.1 Å². The standard InChI is InChI=1S/C13H13F4N3/c1-20-5-4-9(19-20)7-12(18)10-6-8(13(15,16)17)2-3-11(10)14/h2-6,12H,7,18H2,1H3. The van der Waals surface area contributed by atoms with Crippen LogP contribution in [0.15, 0.2) is 30.5 Å². The second-order valence-corrected chi connectivity index (χ2v) is 4.53. The molecule has 1 unspecified atom stereocenters. The maximum Gasteiger partial charge on any atom is 0.416 e. The van der Waals surface area contributed by atoms with Gasteiger partial charge < -0.3 is 5.73 Å². The third-order valence-electron chi connectivity index (χ3n) is 2.92. The molecule has 1 aromatic heterocycles. The highest BCUT2D eigenvalue weighted by molar-refractivity contribution is 5.30. The monoisotopic (exact) mass is 287 g/mol. The van der Waals surface area contributed by atoms with E-state index in [4.69, 9.17) is 5.73 Å². The maximum absolute atomic E-state index is 13.6. The molecule has 7 heteroatoms. The van der Waals surface area contributed by atoms with E-state index in [1.807, 2.05) is 0 Å². The summed E-state index contributed by atoms with van der Waals surface area (Å²) in [5.74, 6) is -0.749. The number of hydrogen-bond acceptors (Lipinski definition) is 2. The molecule has 20 heavy (non-hydrogen) atoms. The lowest BCUT2D eigenvalue weighted by Crippen LogP contribution is -2.17.